The second kappa shape index (κ2) is 4.28. The van der Waals surface area contributed by atoms with Crippen LogP contribution in [0, 0.1) is 0 Å². The van der Waals surface area contributed by atoms with Crippen molar-refractivity contribution in [3.63, 3.8) is 0 Å². The molecule has 1 aliphatic heterocycles. The fourth-order valence-electron chi connectivity index (χ4n) is 1.55. The van der Waals surface area contributed by atoms with Gasteiger partial charge in [0.25, 0.3) is 0 Å². The maximum Gasteiger partial charge on any atom is 0.171 e. The molecule has 2 heterocycles. The molecule has 0 amide bonds. The van der Waals surface area contributed by atoms with Crippen LogP contribution in [0.5, 0.6) is 0 Å². The summed E-state index contributed by atoms with van der Waals surface area (Å²) >= 11 is 3.36. The van der Waals surface area contributed by atoms with E-state index in [1.807, 2.05) is 11.0 Å². The van der Waals surface area contributed by atoms with Crippen LogP contribution in [-0.4, -0.2) is 31.0 Å². The van der Waals surface area contributed by atoms with Gasteiger partial charge in [-0.2, -0.15) is 0 Å². The van der Waals surface area contributed by atoms with Crippen molar-refractivity contribution in [2.45, 2.75) is 6.61 Å². The Labute approximate surface area is 96.4 Å². The topological polar surface area (TPSA) is 42.4 Å². The van der Waals surface area contributed by atoms with Crippen LogP contribution >= 0.6 is 15.9 Å². The molecule has 0 aliphatic carbocycles. The van der Waals surface area contributed by atoms with E-state index in [-0.39, 0.29) is 5.78 Å². The molecule has 80 valence electrons. The van der Waals surface area contributed by atoms with Crippen LogP contribution in [0.3, 0.4) is 0 Å². The molecule has 15 heavy (non-hydrogen) atoms. The van der Waals surface area contributed by atoms with Crippen LogP contribution in [-0.2, 0) is 16.1 Å². The SMILES string of the molecule is COCc1cc(Br)cnc1N1CC(=O)C1. The summed E-state index contributed by atoms with van der Waals surface area (Å²) in [5, 5.41) is 0. The average molecular weight is 271 g/mol. The molecule has 0 atom stereocenters. The van der Waals surface area contributed by atoms with Gasteiger partial charge in [0, 0.05) is 23.3 Å². The quantitative estimate of drug-likeness (QED) is 0.833. The summed E-state index contributed by atoms with van der Waals surface area (Å²) in [5.74, 6) is 1.10. The summed E-state index contributed by atoms with van der Waals surface area (Å²) < 4.78 is 6.02. The van der Waals surface area contributed by atoms with Crippen molar-refractivity contribution in [1.82, 2.24) is 4.98 Å². The van der Waals surface area contributed by atoms with E-state index in [4.69, 9.17) is 4.74 Å². The number of carbonyl (C=O) groups excluding carboxylic acids is 1. The maximum absolute atomic E-state index is 10.9. The molecule has 1 fully saturated rings. The van der Waals surface area contributed by atoms with Crippen LogP contribution in [0.1, 0.15) is 5.56 Å². The highest BCUT2D eigenvalue weighted by Crippen LogP contribution is 2.24. The van der Waals surface area contributed by atoms with E-state index in [9.17, 15) is 4.79 Å². The predicted molar refractivity (Wildman–Crippen MR) is 59.9 cm³/mol. The number of aromatic nitrogens is 1. The minimum atomic E-state index is 0.253. The van der Waals surface area contributed by atoms with Crippen LogP contribution in [0.2, 0.25) is 0 Å². The third kappa shape index (κ3) is 2.18. The van der Waals surface area contributed by atoms with Crippen molar-refractivity contribution in [2.24, 2.45) is 0 Å². The number of methoxy groups -OCH3 is 1. The number of ether oxygens (including phenoxy) is 1. The molecule has 0 unspecified atom stereocenters. The second-order valence-corrected chi connectivity index (χ2v) is 4.38. The van der Waals surface area contributed by atoms with Gasteiger partial charge in [0.2, 0.25) is 0 Å². The fraction of sp³-hybridized carbons (Fsp3) is 0.400. The standard InChI is InChI=1S/C10H11BrN2O2/c1-15-6-7-2-8(11)3-12-10(7)13-4-9(14)5-13/h2-3H,4-6H2,1H3. The molecule has 0 bridgehead atoms. The first kappa shape index (κ1) is 10.6. The second-order valence-electron chi connectivity index (χ2n) is 3.46. The summed E-state index contributed by atoms with van der Waals surface area (Å²) in [6.07, 6.45) is 1.73. The number of hydrogen-bond acceptors (Lipinski definition) is 4. The number of ketones is 1. The van der Waals surface area contributed by atoms with E-state index in [0.29, 0.717) is 19.7 Å². The fourth-order valence-corrected chi connectivity index (χ4v) is 1.93. The normalized spacial score (nSPS) is 15.3. The largest absolute Gasteiger partial charge is 0.380 e. The smallest absolute Gasteiger partial charge is 0.171 e. The minimum absolute atomic E-state index is 0.253. The van der Waals surface area contributed by atoms with Gasteiger partial charge < -0.3 is 9.64 Å². The highest BCUT2D eigenvalue weighted by atomic mass is 79.9. The van der Waals surface area contributed by atoms with Crippen molar-refractivity contribution in [3.05, 3.63) is 22.3 Å². The summed E-state index contributed by atoms with van der Waals surface area (Å²) in [6, 6.07) is 1.97. The van der Waals surface area contributed by atoms with Crippen molar-refractivity contribution in [1.29, 1.82) is 0 Å². The number of pyridine rings is 1. The van der Waals surface area contributed by atoms with Crippen LogP contribution < -0.4 is 4.90 Å². The number of anilines is 1. The van der Waals surface area contributed by atoms with E-state index >= 15 is 0 Å². The summed E-state index contributed by atoms with van der Waals surface area (Å²) in [7, 11) is 1.64. The third-order valence-corrected chi connectivity index (χ3v) is 2.68. The number of halogens is 1. The van der Waals surface area contributed by atoms with Crippen molar-refractivity contribution < 1.29 is 9.53 Å². The Hall–Kier alpha value is -0.940. The number of rotatable bonds is 3. The van der Waals surface area contributed by atoms with E-state index in [0.717, 1.165) is 15.9 Å². The van der Waals surface area contributed by atoms with E-state index in [1.54, 1.807) is 13.3 Å². The Bertz CT molecular complexity index is 387. The first-order valence-electron chi connectivity index (χ1n) is 4.60. The summed E-state index contributed by atoms with van der Waals surface area (Å²) in [6.45, 7) is 1.43. The maximum atomic E-state index is 10.9. The minimum Gasteiger partial charge on any atom is -0.380 e. The monoisotopic (exact) mass is 270 g/mol. The van der Waals surface area contributed by atoms with Crippen molar-refractivity contribution >= 4 is 27.5 Å². The van der Waals surface area contributed by atoms with Gasteiger partial charge in [0.15, 0.2) is 5.78 Å². The molecule has 0 N–H and O–H groups in total. The van der Waals surface area contributed by atoms with Gasteiger partial charge in [-0.25, -0.2) is 4.98 Å². The van der Waals surface area contributed by atoms with Gasteiger partial charge in [-0.3, -0.25) is 4.79 Å². The molecule has 1 aromatic rings. The molecule has 0 saturated carbocycles. The lowest BCUT2D eigenvalue weighted by Crippen LogP contribution is -2.48. The van der Waals surface area contributed by atoms with Gasteiger partial charge in [-0.05, 0) is 22.0 Å². The molecular formula is C10H11BrN2O2. The number of Topliss-reactive ketones (excluding diaryl/α,β-unsaturated/α-hetero) is 1. The first-order chi connectivity index (χ1) is 7.20. The number of hydrogen-bond donors (Lipinski definition) is 0. The molecule has 1 aromatic heterocycles. The van der Waals surface area contributed by atoms with Gasteiger partial charge in [-0.15, -0.1) is 0 Å². The van der Waals surface area contributed by atoms with Crippen molar-refractivity contribution in [3.8, 4) is 0 Å². The summed E-state index contributed by atoms with van der Waals surface area (Å²) in [5.41, 5.74) is 0.999. The zero-order valence-electron chi connectivity index (χ0n) is 8.36. The number of carbonyl (C=O) groups is 1. The van der Waals surface area contributed by atoms with Crippen molar-refractivity contribution in [2.75, 3.05) is 25.1 Å². The molecule has 2 rings (SSSR count). The van der Waals surface area contributed by atoms with E-state index in [1.165, 1.54) is 0 Å². The Balaban J connectivity index is 2.25. The zero-order chi connectivity index (χ0) is 10.8. The molecule has 1 aliphatic rings. The van der Waals surface area contributed by atoms with Gasteiger partial charge in [0.05, 0.1) is 19.7 Å². The Morgan fingerprint density at radius 2 is 2.33 bits per heavy atom. The lowest BCUT2D eigenvalue weighted by molar-refractivity contribution is -0.119. The van der Waals surface area contributed by atoms with E-state index < -0.39 is 0 Å². The lowest BCUT2D eigenvalue weighted by atomic mass is 10.1. The Morgan fingerprint density at radius 3 is 2.93 bits per heavy atom. The Kier molecular flexibility index (Phi) is 3.02. The molecule has 0 spiro atoms. The molecular weight excluding hydrogens is 260 g/mol. The van der Waals surface area contributed by atoms with Gasteiger partial charge >= 0.3 is 0 Å². The highest BCUT2D eigenvalue weighted by Gasteiger charge is 2.26. The molecule has 0 radical (unpaired) electrons. The third-order valence-electron chi connectivity index (χ3n) is 2.24. The van der Waals surface area contributed by atoms with Gasteiger partial charge in [0.1, 0.15) is 5.82 Å². The molecule has 4 nitrogen and oxygen atoms in total. The highest BCUT2D eigenvalue weighted by molar-refractivity contribution is 9.10. The van der Waals surface area contributed by atoms with Crippen LogP contribution in [0.4, 0.5) is 5.82 Å². The zero-order valence-corrected chi connectivity index (χ0v) is 9.95. The van der Waals surface area contributed by atoms with Crippen LogP contribution in [0.15, 0.2) is 16.7 Å². The first-order valence-corrected chi connectivity index (χ1v) is 5.40. The molecule has 5 heteroatoms. The van der Waals surface area contributed by atoms with E-state index in [2.05, 4.69) is 20.9 Å². The summed E-state index contributed by atoms with van der Waals surface area (Å²) in [4.78, 5) is 17.2. The number of nitrogens with zero attached hydrogens (tertiary/aromatic N) is 2. The van der Waals surface area contributed by atoms with Crippen LogP contribution in [0.25, 0.3) is 0 Å². The Morgan fingerprint density at radius 1 is 1.60 bits per heavy atom. The van der Waals surface area contributed by atoms with Gasteiger partial charge in [-0.1, -0.05) is 0 Å². The lowest BCUT2D eigenvalue weighted by Gasteiger charge is -2.31. The molecule has 0 aromatic carbocycles. The average Bonchev–Trinajstić information content (AvgIpc) is 2.15. The predicted octanol–water partition coefficient (Wildman–Crippen LogP) is 1.38. The molecule has 1 saturated heterocycles.